The molecule has 1 rings (SSSR count). The molecule has 6 heteroatoms. The first-order valence-corrected chi connectivity index (χ1v) is 4.05. The molecule has 0 radical (unpaired) electrons. The Bertz CT molecular complexity index is 340. The Morgan fingerprint density at radius 2 is 2.08 bits per heavy atom. The number of aromatic nitrogens is 1. The molecule has 0 aromatic carbocycles. The average Bonchev–Trinajstić information content (AvgIpc) is 1.96. The number of pyridine rings is 1. The normalized spacial score (nSPS) is 9.75. The summed E-state index contributed by atoms with van der Waals surface area (Å²) >= 11 is 1.89. The van der Waals surface area contributed by atoms with Gasteiger partial charge in [-0.25, -0.2) is 9.78 Å². The lowest BCUT2D eigenvalue weighted by Gasteiger charge is -2.02. The van der Waals surface area contributed by atoms with Gasteiger partial charge in [-0.3, -0.25) is 0 Å². The van der Waals surface area contributed by atoms with Gasteiger partial charge in [0.1, 0.15) is 17.2 Å². The van der Waals surface area contributed by atoms with Crippen molar-refractivity contribution in [3.63, 3.8) is 0 Å². The van der Waals surface area contributed by atoms with Gasteiger partial charge in [0.05, 0.1) is 3.57 Å². The van der Waals surface area contributed by atoms with Crippen molar-refractivity contribution in [2.75, 3.05) is 11.5 Å². The van der Waals surface area contributed by atoms with E-state index in [4.69, 9.17) is 16.6 Å². The molecule has 0 saturated heterocycles. The number of nitrogens with zero attached hydrogens (tertiary/aromatic N) is 1. The standard InChI is InChI=1S/C6H6IN3O2/c7-3-1-2(6(11)12)4(8)10-5(3)9/h1H,(H,11,12)(H4,8,9,10). The first-order chi connectivity index (χ1) is 5.52. The van der Waals surface area contributed by atoms with E-state index in [0.717, 1.165) is 0 Å². The van der Waals surface area contributed by atoms with E-state index >= 15 is 0 Å². The Balaban J connectivity index is 3.33. The number of rotatable bonds is 1. The van der Waals surface area contributed by atoms with E-state index in [-0.39, 0.29) is 17.2 Å². The molecule has 1 heterocycles. The van der Waals surface area contributed by atoms with Gasteiger partial charge in [0.2, 0.25) is 0 Å². The van der Waals surface area contributed by atoms with Gasteiger partial charge in [-0.1, -0.05) is 0 Å². The number of carbonyl (C=O) groups is 1. The number of hydrogen-bond acceptors (Lipinski definition) is 4. The summed E-state index contributed by atoms with van der Waals surface area (Å²) in [4.78, 5) is 14.2. The molecule has 5 N–H and O–H groups in total. The highest BCUT2D eigenvalue weighted by Crippen LogP contribution is 2.18. The lowest BCUT2D eigenvalue weighted by atomic mass is 10.2. The maximum atomic E-state index is 10.5. The zero-order valence-corrected chi connectivity index (χ0v) is 8.07. The van der Waals surface area contributed by atoms with E-state index < -0.39 is 5.97 Å². The molecule has 0 aliphatic carbocycles. The van der Waals surface area contributed by atoms with Gasteiger partial charge in [-0.15, -0.1) is 0 Å². The maximum Gasteiger partial charge on any atom is 0.339 e. The van der Waals surface area contributed by atoms with Crippen molar-refractivity contribution in [2.24, 2.45) is 0 Å². The van der Waals surface area contributed by atoms with Crippen LogP contribution in [0.15, 0.2) is 6.07 Å². The van der Waals surface area contributed by atoms with E-state index in [1.165, 1.54) is 6.07 Å². The van der Waals surface area contributed by atoms with Crippen LogP contribution >= 0.6 is 22.6 Å². The summed E-state index contributed by atoms with van der Waals surface area (Å²) in [6, 6.07) is 1.39. The van der Waals surface area contributed by atoms with E-state index in [2.05, 4.69) is 4.98 Å². The van der Waals surface area contributed by atoms with Crippen LogP contribution in [0.4, 0.5) is 11.6 Å². The fraction of sp³-hybridized carbons (Fsp3) is 0. The van der Waals surface area contributed by atoms with Crippen molar-refractivity contribution in [3.05, 3.63) is 15.2 Å². The summed E-state index contributed by atoms with van der Waals surface area (Å²) in [5.74, 6) is -0.906. The van der Waals surface area contributed by atoms with Crippen LogP contribution in [0.2, 0.25) is 0 Å². The van der Waals surface area contributed by atoms with Crippen molar-refractivity contribution in [1.29, 1.82) is 0 Å². The SMILES string of the molecule is Nc1nc(N)c(C(=O)O)cc1I. The van der Waals surface area contributed by atoms with E-state index in [1.54, 1.807) is 0 Å². The van der Waals surface area contributed by atoms with Crippen LogP contribution in [-0.2, 0) is 0 Å². The molecular weight excluding hydrogens is 273 g/mol. The van der Waals surface area contributed by atoms with Crippen LogP contribution in [0.5, 0.6) is 0 Å². The van der Waals surface area contributed by atoms with Crippen LogP contribution in [0.25, 0.3) is 0 Å². The van der Waals surface area contributed by atoms with Crippen molar-refractivity contribution < 1.29 is 9.90 Å². The molecule has 12 heavy (non-hydrogen) atoms. The summed E-state index contributed by atoms with van der Waals surface area (Å²) in [6.07, 6.45) is 0. The summed E-state index contributed by atoms with van der Waals surface area (Å²) in [5, 5.41) is 8.62. The van der Waals surface area contributed by atoms with E-state index in [9.17, 15) is 4.79 Å². The minimum atomic E-state index is -1.10. The second-order valence-electron chi connectivity index (χ2n) is 2.09. The quantitative estimate of drug-likeness (QED) is 0.651. The Kier molecular flexibility index (Phi) is 2.36. The second kappa shape index (κ2) is 3.13. The molecule has 1 aromatic rings. The van der Waals surface area contributed by atoms with Gasteiger partial charge >= 0.3 is 5.97 Å². The van der Waals surface area contributed by atoms with Crippen LogP contribution in [0.3, 0.4) is 0 Å². The summed E-state index contributed by atoms with van der Waals surface area (Å²) < 4.78 is 0.583. The number of carboxylic acid groups (broad SMARTS) is 1. The molecular formula is C6H6IN3O2. The van der Waals surface area contributed by atoms with E-state index in [0.29, 0.717) is 3.57 Å². The number of nitrogen functional groups attached to an aromatic ring is 2. The maximum absolute atomic E-state index is 10.5. The monoisotopic (exact) mass is 279 g/mol. The van der Waals surface area contributed by atoms with Crippen LogP contribution in [0.1, 0.15) is 10.4 Å². The predicted octanol–water partition coefficient (Wildman–Crippen LogP) is 0.549. The molecule has 0 unspecified atom stereocenters. The molecule has 0 atom stereocenters. The average molecular weight is 279 g/mol. The smallest absolute Gasteiger partial charge is 0.339 e. The molecule has 1 aromatic heterocycles. The number of halogens is 1. The number of anilines is 2. The third-order valence-electron chi connectivity index (χ3n) is 1.26. The molecule has 0 bridgehead atoms. The van der Waals surface area contributed by atoms with Gasteiger partial charge < -0.3 is 16.6 Å². The van der Waals surface area contributed by atoms with Crippen LogP contribution in [-0.4, -0.2) is 16.1 Å². The van der Waals surface area contributed by atoms with Gasteiger partial charge in [-0.2, -0.15) is 0 Å². The molecule has 0 amide bonds. The van der Waals surface area contributed by atoms with Crippen molar-refractivity contribution in [2.45, 2.75) is 0 Å². The Labute approximate surface area is 81.9 Å². The summed E-state index contributed by atoms with van der Waals surface area (Å²) in [5.41, 5.74) is 10.7. The van der Waals surface area contributed by atoms with Crippen molar-refractivity contribution >= 4 is 40.2 Å². The molecule has 5 nitrogen and oxygen atoms in total. The Morgan fingerprint density at radius 3 is 2.58 bits per heavy atom. The number of aromatic carboxylic acids is 1. The number of hydrogen-bond donors (Lipinski definition) is 3. The summed E-state index contributed by atoms with van der Waals surface area (Å²) in [7, 11) is 0. The minimum Gasteiger partial charge on any atom is -0.478 e. The van der Waals surface area contributed by atoms with Gasteiger partial charge in [0, 0.05) is 0 Å². The lowest BCUT2D eigenvalue weighted by Crippen LogP contribution is -2.07. The Morgan fingerprint density at radius 1 is 1.50 bits per heavy atom. The van der Waals surface area contributed by atoms with E-state index in [1.807, 2.05) is 22.6 Å². The molecule has 0 fully saturated rings. The van der Waals surface area contributed by atoms with Crippen molar-refractivity contribution in [1.82, 2.24) is 4.98 Å². The lowest BCUT2D eigenvalue weighted by molar-refractivity contribution is 0.0697. The van der Waals surface area contributed by atoms with Crippen molar-refractivity contribution in [3.8, 4) is 0 Å². The molecule has 0 aliphatic rings. The number of carboxylic acids is 1. The molecule has 0 saturated carbocycles. The van der Waals surface area contributed by atoms with Gasteiger partial charge in [-0.05, 0) is 28.7 Å². The predicted molar refractivity (Wildman–Crippen MR) is 52.7 cm³/mol. The molecule has 0 aliphatic heterocycles. The zero-order chi connectivity index (χ0) is 9.30. The highest BCUT2D eigenvalue weighted by molar-refractivity contribution is 14.1. The van der Waals surface area contributed by atoms with Crippen LogP contribution < -0.4 is 11.5 Å². The Hall–Kier alpha value is -1.05. The fourth-order valence-electron chi connectivity index (χ4n) is 0.689. The largest absolute Gasteiger partial charge is 0.478 e. The van der Waals surface area contributed by atoms with Gasteiger partial charge in [0.15, 0.2) is 0 Å². The molecule has 64 valence electrons. The molecule has 0 spiro atoms. The first kappa shape index (κ1) is 9.04. The third-order valence-corrected chi connectivity index (χ3v) is 2.13. The minimum absolute atomic E-state index is 0.0198. The topological polar surface area (TPSA) is 102 Å². The summed E-state index contributed by atoms with van der Waals surface area (Å²) in [6.45, 7) is 0. The highest BCUT2D eigenvalue weighted by Gasteiger charge is 2.11. The zero-order valence-electron chi connectivity index (χ0n) is 5.91. The first-order valence-electron chi connectivity index (χ1n) is 2.97. The van der Waals surface area contributed by atoms with Crippen LogP contribution in [0, 0.1) is 3.57 Å². The highest BCUT2D eigenvalue weighted by atomic mass is 127. The third kappa shape index (κ3) is 1.58. The van der Waals surface area contributed by atoms with Gasteiger partial charge in [0.25, 0.3) is 0 Å². The second-order valence-corrected chi connectivity index (χ2v) is 3.26. The number of nitrogens with two attached hydrogens (primary N) is 2. The fourth-order valence-corrected chi connectivity index (χ4v) is 1.12.